The second kappa shape index (κ2) is 8.77. The van der Waals surface area contributed by atoms with E-state index in [0.29, 0.717) is 11.3 Å². The Kier molecular flexibility index (Phi) is 6.70. The number of ether oxygens (including phenoxy) is 1. The number of amides is 1. The molecule has 0 bridgehead atoms. The van der Waals surface area contributed by atoms with Crippen LogP contribution < -0.4 is 10.1 Å². The fraction of sp³-hybridized carbons (Fsp3) is 0.278. The highest BCUT2D eigenvalue weighted by Crippen LogP contribution is 2.16. The van der Waals surface area contributed by atoms with Crippen LogP contribution in [0.25, 0.3) is 0 Å². The minimum Gasteiger partial charge on any atom is -0.496 e. The first-order valence-corrected chi connectivity index (χ1v) is 9.72. The monoisotopic (exact) mass is 380 g/mol. The molecule has 26 heavy (non-hydrogen) atoms. The summed E-state index contributed by atoms with van der Waals surface area (Å²) in [6.45, 7) is -0.121. The van der Waals surface area contributed by atoms with Gasteiger partial charge in [0.15, 0.2) is 0 Å². The Hall–Kier alpha value is -2.45. The number of halogens is 1. The van der Waals surface area contributed by atoms with Crippen LogP contribution in [-0.2, 0) is 27.9 Å². The van der Waals surface area contributed by atoms with Crippen LogP contribution in [0, 0.1) is 5.82 Å². The van der Waals surface area contributed by atoms with E-state index in [0.717, 1.165) is 16.1 Å². The van der Waals surface area contributed by atoms with Crippen molar-refractivity contribution in [1.82, 2.24) is 9.62 Å². The van der Waals surface area contributed by atoms with Gasteiger partial charge in [0, 0.05) is 18.7 Å². The van der Waals surface area contributed by atoms with Gasteiger partial charge in [-0.1, -0.05) is 30.3 Å². The molecule has 0 saturated heterocycles. The molecule has 0 saturated carbocycles. The van der Waals surface area contributed by atoms with Crippen molar-refractivity contribution in [3.63, 3.8) is 0 Å². The second-order valence-corrected chi connectivity index (χ2v) is 7.73. The van der Waals surface area contributed by atoms with Crippen LogP contribution in [0.15, 0.2) is 48.5 Å². The van der Waals surface area contributed by atoms with Gasteiger partial charge < -0.3 is 10.1 Å². The van der Waals surface area contributed by atoms with Crippen molar-refractivity contribution in [2.75, 3.05) is 19.9 Å². The van der Waals surface area contributed by atoms with E-state index in [2.05, 4.69) is 5.32 Å². The summed E-state index contributed by atoms with van der Waals surface area (Å²) in [6, 6.07) is 12.7. The smallest absolute Gasteiger partial charge is 0.235 e. The van der Waals surface area contributed by atoms with Gasteiger partial charge >= 0.3 is 0 Å². The number of nitrogens with one attached hydrogen (secondary N) is 1. The highest BCUT2D eigenvalue weighted by atomic mass is 32.2. The minimum atomic E-state index is -3.61. The average molecular weight is 380 g/mol. The van der Waals surface area contributed by atoms with Crippen molar-refractivity contribution in [3.05, 3.63) is 65.5 Å². The first-order chi connectivity index (χ1) is 12.3. The van der Waals surface area contributed by atoms with E-state index in [9.17, 15) is 17.6 Å². The summed E-state index contributed by atoms with van der Waals surface area (Å²) in [4.78, 5) is 12.2. The molecule has 0 radical (unpaired) electrons. The molecule has 0 spiro atoms. The summed E-state index contributed by atoms with van der Waals surface area (Å²) in [7, 11) is -2.07. The molecule has 6 nitrogen and oxygen atoms in total. The van der Waals surface area contributed by atoms with Gasteiger partial charge in [-0.15, -0.1) is 0 Å². The molecule has 2 aromatic carbocycles. The topological polar surface area (TPSA) is 75.7 Å². The van der Waals surface area contributed by atoms with Gasteiger partial charge in [-0.3, -0.25) is 4.79 Å². The van der Waals surface area contributed by atoms with Crippen LogP contribution in [0.1, 0.15) is 11.1 Å². The highest BCUT2D eigenvalue weighted by molar-refractivity contribution is 7.88. The number of methoxy groups -OCH3 is 1. The predicted molar refractivity (Wildman–Crippen MR) is 96.5 cm³/mol. The third-order valence-corrected chi connectivity index (χ3v) is 4.93. The number of hydrogen-bond acceptors (Lipinski definition) is 4. The van der Waals surface area contributed by atoms with E-state index in [1.54, 1.807) is 6.07 Å². The molecule has 0 heterocycles. The number of hydrogen-bond donors (Lipinski definition) is 1. The fourth-order valence-electron chi connectivity index (χ4n) is 2.34. The number of nitrogens with zero attached hydrogens (tertiary/aromatic N) is 1. The number of carbonyl (C=O) groups excluding carboxylic acids is 1. The molecule has 140 valence electrons. The zero-order chi connectivity index (χ0) is 19.2. The number of rotatable bonds is 8. The Bertz CT molecular complexity index is 854. The summed E-state index contributed by atoms with van der Waals surface area (Å²) in [5.41, 5.74) is 1.38. The lowest BCUT2D eigenvalue weighted by Crippen LogP contribution is -2.39. The van der Waals surface area contributed by atoms with E-state index in [1.165, 1.54) is 31.4 Å². The third-order valence-electron chi connectivity index (χ3n) is 3.73. The van der Waals surface area contributed by atoms with Gasteiger partial charge in [0.2, 0.25) is 15.9 Å². The molecule has 1 N–H and O–H groups in total. The minimum absolute atomic E-state index is 0.0127. The van der Waals surface area contributed by atoms with Crippen LogP contribution in [0.4, 0.5) is 4.39 Å². The van der Waals surface area contributed by atoms with Crippen molar-refractivity contribution in [3.8, 4) is 5.75 Å². The predicted octanol–water partition coefficient (Wildman–Crippen LogP) is 1.91. The van der Waals surface area contributed by atoms with E-state index >= 15 is 0 Å². The lowest BCUT2D eigenvalue weighted by Gasteiger charge is -2.20. The Morgan fingerprint density at radius 2 is 1.81 bits per heavy atom. The molecule has 0 atom stereocenters. The van der Waals surface area contributed by atoms with Crippen molar-refractivity contribution in [2.45, 2.75) is 13.1 Å². The molecule has 1 amide bonds. The SMILES string of the molecule is COc1ccccc1CNC(=O)CN(Cc1ccc(F)cc1)S(C)(=O)=O. The van der Waals surface area contributed by atoms with Gasteiger partial charge in [-0.25, -0.2) is 12.8 Å². The van der Waals surface area contributed by atoms with Crippen LogP contribution in [0.2, 0.25) is 0 Å². The molecule has 0 aliphatic heterocycles. The number of benzene rings is 2. The average Bonchev–Trinajstić information content (AvgIpc) is 2.60. The maximum atomic E-state index is 13.0. The zero-order valence-electron chi connectivity index (χ0n) is 14.6. The fourth-order valence-corrected chi connectivity index (χ4v) is 3.08. The Labute approximate surface area is 152 Å². The third kappa shape index (κ3) is 5.82. The Morgan fingerprint density at radius 1 is 1.15 bits per heavy atom. The Morgan fingerprint density at radius 3 is 2.42 bits per heavy atom. The Balaban J connectivity index is 2.01. The maximum Gasteiger partial charge on any atom is 0.235 e. The molecule has 0 aliphatic carbocycles. The maximum absolute atomic E-state index is 13.0. The van der Waals surface area contributed by atoms with Gasteiger partial charge in [-0.2, -0.15) is 4.31 Å². The standard InChI is InChI=1S/C18H21FN2O4S/c1-25-17-6-4-3-5-15(17)11-20-18(22)13-21(26(2,23)24)12-14-7-9-16(19)10-8-14/h3-10H,11-13H2,1-2H3,(H,20,22). The number of para-hydroxylation sites is 1. The highest BCUT2D eigenvalue weighted by Gasteiger charge is 2.20. The largest absolute Gasteiger partial charge is 0.496 e. The van der Waals surface area contributed by atoms with Gasteiger partial charge in [-0.05, 0) is 23.8 Å². The molecular weight excluding hydrogens is 359 g/mol. The molecule has 2 aromatic rings. The molecule has 0 aliphatic rings. The van der Waals surface area contributed by atoms with Gasteiger partial charge in [0.1, 0.15) is 11.6 Å². The molecule has 2 rings (SSSR count). The lowest BCUT2D eigenvalue weighted by atomic mass is 10.2. The first kappa shape index (κ1) is 19.9. The van der Waals surface area contributed by atoms with Crippen LogP contribution >= 0.6 is 0 Å². The quantitative estimate of drug-likeness (QED) is 0.759. The molecule has 0 aromatic heterocycles. The summed E-state index contributed by atoms with van der Waals surface area (Å²) >= 11 is 0. The second-order valence-electron chi connectivity index (χ2n) is 5.75. The lowest BCUT2D eigenvalue weighted by molar-refractivity contribution is -0.121. The molecular formula is C18H21FN2O4S. The van der Waals surface area contributed by atoms with Crippen LogP contribution in [0.5, 0.6) is 5.75 Å². The van der Waals surface area contributed by atoms with Crippen LogP contribution in [-0.4, -0.2) is 38.5 Å². The zero-order valence-corrected chi connectivity index (χ0v) is 15.4. The summed E-state index contributed by atoms with van der Waals surface area (Å²) in [5, 5.41) is 2.69. The molecule has 8 heteroatoms. The summed E-state index contributed by atoms with van der Waals surface area (Å²) in [6.07, 6.45) is 1.03. The van der Waals surface area contributed by atoms with E-state index in [4.69, 9.17) is 4.74 Å². The van der Waals surface area contributed by atoms with Gasteiger partial charge in [0.25, 0.3) is 0 Å². The van der Waals surface area contributed by atoms with E-state index < -0.39 is 21.7 Å². The number of carbonyl (C=O) groups is 1. The van der Waals surface area contributed by atoms with Crippen molar-refractivity contribution >= 4 is 15.9 Å². The van der Waals surface area contributed by atoms with Gasteiger partial charge in [0.05, 0.1) is 19.9 Å². The van der Waals surface area contributed by atoms with Crippen molar-refractivity contribution in [2.24, 2.45) is 0 Å². The number of sulfonamides is 1. The van der Waals surface area contributed by atoms with E-state index in [1.807, 2.05) is 18.2 Å². The summed E-state index contributed by atoms with van der Waals surface area (Å²) < 4.78 is 43.2. The normalized spacial score (nSPS) is 11.4. The summed E-state index contributed by atoms with van der Waals surface area (Å²) in [5.74, 6) is -0.211. The van der Waals surface area contributed by atoms with Crippen LogP contribution in [0.3, 0.4) is 0 Å². The van der Waals surface area contributed by atoms with Crippen molar-refractivity contribution < 1.29 is 22.3 Å². The molecule has 0 unspecified atom stereocenters. The van der Waals surface area contributed by atoms with E-state index in [-0.39, 0.29) is 19.6 Å². The van der Waals surface area contributed by atoms with Crippen molar-refractivity contribution in [1.29, 1.82) is 0 Å². The first-order valence-electron chi connectivity index (χ1n) is 7.88. The molecule has 0 fully saturated rings.